The molecule has 0 atom stereocenters. The molecule has 23 heavy (non-hydrogen) atoms. The van der Waals surface area contributed by atoms with E-state index in [9.17, 15) is 4.79 Å². The lowest BCUT2D eigenvalue weighted by atomic mass is 10.1. The first-order chi connectivity index (χ1) is 11.1. The van der Waals surface area contributed by atoms with E-state index >= 15 is 0 Å². The van der Waals surface area contributed by atoms with E-state index in [0.717, 1.165) is 28.2 Å². The summed E-state index contributed by atoms with van der Waals surface area (Å²) < 4.78 is 1.76. The van der Waals surface area contributed by atoms with Crippen LogP contribution in [0.25, 0.3) is 5.69 Å². The van der Waals surface area contributed by atoms with Crippen LogP contribution in [0.3, 0.4) is 0 Å². The fraction of sp³-hybridized carbons (Fsp3) is 0.111. The van der Waals surface area contributed by atoms with Crippen LogP contribution in [0.5, 0.6) is 0 Å². The van der Waals surface area contributed by atoms with Crippen LogP contribution < -0.4 is 10.6 Å². The maximum atomic E-state index is 12.1. The van der Waals surface area contributed by atoms with Crippen LogP contribution in [0.4, 0.5) is 16.2 Å². The lowest BCUT2D eigenvalue weighted by Crippen LogP contribution is -2.20. The van der Waals surface area contributed by atoms with Crippen molar-refractivity contribution in [1.29, 1.82) is 0 Å². The summed E-state index contributed by atoms with van der Waals surface area (Å²) in [7, 11) is 0. The number of hydrogen-bond donors (Lipinski definition) is 2. The van der Waals surface area contributed by atoms with Gasteiger partial charge in [-0.15, -0.1) is 0 Å². The maximum absolute atomic E-state index is 12.1. The van der Waals surface area contributed by atoms with Gasteiger partial charge in [0, 0.05) is 23.8 Å². The van der Waals surface area contributed by atoms with Gasteiger partial charge in [-0.3, -0.25) is 0 Å². The molecule has 0 bridgehead atoms. The SMILES string of the molecule is Cc1ccc(C)c(NC(=O)Nc2ccc(-n3cccn3)cc2)c1. The first-order valence-corrected chi connectivity index (χ1v) is 7.37. The van der Waals surface area contributed by atoms with Gasteiger partial charge in [0.2, 0.25) is 0 Å². The smallest absolute Gasteiger partial charge is 0.308 e. The summed E-state index contributed by atoms with van der Waals surface area (Å²) in [5, 5.41) is 9.87. The number of rotatable bonds is 3. The van der Waals surface area contributed by atoms with Crippen LogP contribution in [0.15, 0.2) is 60.9 Å². The molecule has 5 heteroatoms. The van der Waals surface area contributed by atoms with Crippen LogP contribution in [0.1, 0.15) is 11.1 Å². The number of hydrogen-bond acceptors (Lipinski definition) is 2. The number of nitrogens with zero attached hydrogens (tertiary/aromatic N) is 2. The summed E-state index contributed by atoms with van der Waals surface area (Å²) in [6.45, 7) is 3.96. The zero-order chi connectivity index (χ0) is 16.2. The van der Waals surface area contributed by atoms with Gasteiger partial charge in [0.15, 0.2) is 0 Å². The average molecular weight is 306 g/mol. The van der Waals surface area contributed by atoms with E-state index in [2.05, 4.69) is 15.7 Å². The van der Waals surface area contributed by atoms with Crippen molar-refractivity contribution in [2.75, 3.05) is 10.6 Å². The van der Waals surface area contributed by atoms with Gasteiger partial charge < -0.3 is 10.6 Å². The molecule has 116 valence electrons. The van der Waals surface area contributed by atoms with Crippen LogP contribution in [0, 0.1) is 13.8 Å². The summed E-state index contributed by atoms with van der Waals surface area (Å²) in [4.78, 5) is 12.1. The third-order valence-corrected chi connectivity index (χ3v) is 3.54. The second-order valence-electron chi connectivity index (χ2n) is 5.40. The summed E-state index contributed by atoms with van der Waals surface area (Å²) >= 11 is 0. The highest BCUT2D eigenvalue weighted by Gasteiger charge is 2.05. The normalized spacial score (nSPS) is 10.3. The van der Waals surface area contributed by atoms with Crippen molar-refractivity contribution in [3.05, 3.63) is 72.1 Å². The quantitative estimate of drug-likeness (QED) is 0.764. The number of urea groups is 1. The number of aromatic nitrogens is 2. The molecule has 2 N–H and O–H groups in total. The molecule has 5 nitrogen and oxygen atoms in total. The van der Waals surface area contributed by atoms with E-state index in [0.29, 0.717) is 0 Å². The van der Waals surface area contributed by atoms with Crippen molar-refractivity contribution >= 4 is 17.4 Å². The molecule has 1 heterocycles. The monoisotopic (exact) mass is 306 g/mol. The topological polar surface area (TPSA) is 59.0 Å². The molecule has 3 rings (SSSR count). The van der Waals surface area contributed by atoms with Gasteiger partial charge in [0.05, 0.1) is 5.69 Å². The highest BCUT2D eigenvalue weighted by molar-refractivity contribution is 6.00. The van der Waals surface area contributed by atoms with Crippen molar-refractivity contribution in [2.24, 2.45) is 0 Å². The van der Waals surface area contributed by atoms with E-state index in [1.54, 1.807) is 10.9 Å². The number of anilines is 2. The average Bonchev–Trinajstić information content (AvgIpc) is 3.06. The number of benzene rings is 2. The molecule has 0 radical (unpaired) electrons. The predicted octanol–water partition coefficient (Wildman–Crippen LogP) is 4.13. The second kappa shape index (κ2) is 6.36. The van der Waals surface area contributed by atoms with Gasteiger partial charge in [-0.1, -0.05) is 12.1 Å². The Morgan fingerprint density at radius 1 is 1.04 bits per heavy atom. The van der Waals surface area contributed by atoms with Gasteiger partial charge in [-0.05, 0) is 61.4 Å². The first-order valence-electron chi connectivity index (χ1n) is 7.37. The second-order valence-corrected chi connectivity index (χ2v) is 5.40. The van der Waals surface area contributed by atoms with Gasteiger partial charge in [0.1, 0.15) is 0 Å². The fourth-order valence-electron chi connectivity index (χ4n) is 2.27. The van der Waals surface area contributed by atoms with Crippen LogP contribution in [-0.4, -0.2) is 15.8 Å². The zero-order valence-electron chi connectivity index (χ0n) is 13.1. The van der Waals surface area contributed by atoms with E-state index in [1.165, 1.54) is 0 Å². The number of aryl methyl sites for hydroxylation is 2. The first kappa shape index (κ1) is 14.8. The molecule has 0 saturated carbocycles. The molecule has 0 unspecified atom stereocenters. The Balaban J connectivity index is 1.67. The zero-order valence-corrected chi connectivity index (χ0v) is 13.1. The number of amides is 2. The molecular formula is C18H18N4O. The van der Waals surface area contributed by atoms with Crippen LogP contribution >= 0.6 is 0 Å². The van der Waals surface area contributed by atoms with E-state index in [1.807, 2.05) is 68.6 Å². The number of carbonyl (C=O) groups is 1. The highest BCUT2D eigenvalue weighted by atomic mass is 16.2. The maximum Gasteiger partial charge on any atom is 0.323 e. The Bertz CT molecular complexity index is 808. The van der Waals surface area contributed by atoms with Crippen molar-refractivity contribution in [1.82, 2.24) is 9.78 Å². The van der Waals surface area contributed by atoms with Crippen molar-refractivity contribution in [2.45, 2.75) is 13.8 Å². The highest BCUT2D eigenvalue weighted by Crippen LogP contribution is 2.17. The molecule has 0 saturated heterocycles. The van der Waals surface area contributed by atoms with Crippen molar-refractivity contribution < 1.29 is 4.79 Å². The molecule has 0 aliphatic carbocycles. The molecule has 0 spiro atoms. The molecule has 2 aromatic carbocycles. The lowest BCUT2D eigenvalue weighted by Gasteiger charge is -2.11. The number of nitrogens with one attached hydrogen (secondary N) is 2. The minimum atomic E-state index is -0.259. The third-order valence-electron chi connectivity index (χ3n) is 3.54. The molecule has 3 aromatic rings. The van der Waals surface area contributed by atoms with Gasteiger partial charge in [0.25, 0.3) is 0 Å². The van der Waals surface area contributed by atoms with Crippen molar-refractivity contribution in [3.63, 3.8) is 0 Å². The van der Waals surface area contributed by atoms with E-state index in [-0.39, 0.29) is 6.03 Å². The molecule has 0 aliphatic heterocycles. The minimum Gasteiger partial charge on any atom is -0.308 e. The Kier molecular flexibility index (Phi) is 4.10. The largest absolute Gasteiger partial charge is 0.323 e. The van der Waals surface area contributed by atoms with Crippen LogP contribution in [-0.2, 0) is 0 Å². The Labute approximate surface area is 135 Å². The lowest BCUT2D eigenvalue weighted by molar-refractivity contribution is 0.262. The Hall–Kier alpha value is -3.08. The summed E-state index contributed by atoms with van der Waals surface area (Å²) in [6.07, 6.45) is 3.60. The molecular weight excluding hydrogens is 288 g/mol. The van der Waals surface area contributed by atoms with Gasteiger partial charge in [-0.25, -0.2) is 9.48 Å². The molecule has 0 fully saturated rings. The molecule has 2 amide bonds. The van der Waals surface area contributed by atoms with Gasteiger partial charge >= 0.3 is 6.03 Å². The van der Waals surface area contributed by atoms with Crippen LogP contribution in [0.2, 0.25) is 0 Å². The summed E-state index contributed by atoms with van der Waals surface area (Å²) in [5.74, 6) is 0. The minimum absolute atomic E-state index is 0.259. The Morgan fingerprint density at radius 3 is 2.52 bits per heavy atom. The fourth-order valence-corrected chi connectivity index (χ4v) is 2.27. The van der Waals surface area contributed by atoms with Crippen molar-refractivity contribution in [3.8, 4) is 5.69 Å². The van der Waals surface area contributed by atoms with E-state index < -0.39 is 0 Å². The number of carbonyl (C=O) groups excluding carboxylic acids is 1. The standard InChI is InChI=1S/C18H18N4O/c1-13-4-5-14(2)17(12-13)21-18(23)20-15-6-8-16(9-7-15)22-11-3-10-19-22/h3-12H,1-2H3,(H2,20,21,23). The predicted molar refractivity (Wildman–Crippen MR) is 92.1 cm³/mol. The summed E-state index contributed by atoms with van der Waals surface area (Å²) in [6, 6.07) is 15.1. The summed E-state index contributed by atoms with van der Waals surface area (Å²) in [5.41, 5.74) is 4.61. The van der Waals surface area contributed by atoms with Gasteiger partial charge in [-0.2, -0.15) is 5.10 Å². The third kappa shape index (κ3) is 3.58. The van der Waals surface area contributed by atoms with E-state index in [4.69, 9.17) is 0 Å². The Morgan fingerprint density at radius 2 is 1.83 bits per heavy atom. The molecule has 1 aromatic heterocycles. The molecule has 0 aliphatic rings.